The van der Waals surface area contributed by atoms with Crippen LogP contribution in [-0.4, -0.2) is 8.42 Å². The molecule has 0 unspecified atom stereocenters. The Balaban J connectivity index is 3.47. The van der Waals surface area contributed by atoms with E-state index in [-0.39, 0.29) is 5.56 Å². The monoisotopic (exact) mass is 184 g/mol. The van der Waals surface area contributed by atoms with Gasteiger partial charge in [-0.2, -0.15) is 8.42 Å². The molecule has 0 radical (unpaired) electrons. The molecule has 0 spiro atoms. The molecule has 1 rings (SSSR count). The number of hydrogen-bond donors (Lipinski definition) is 0. The Morgan fingerprint density at radius 2 is 1.92 bits per heavy atom. The fourth-order valence-electron chi connectivity index (χ4n) is 0.798. The maximum atomic E-state index is 12.4. The highest BCUT2D eigenvalue weighted by Crippen LogP contribution is 2.16. The van der Waals surface area contributed by atoms with Gasteiger partial charge in [-0.25, -0.2) is 0 Å². The quantitative estimate of drug-likeness (QED) is 0.487. The van der Waals surface area contributed by atoms with E-state index >= 15 is 0 Å². The minimum Gasteiger partial charge on any atom is -0.189 e. The van der Waals surface area contributed by atoms with E-state index < -0.39 is 15.1 Å². The Bertz CT molecular complexity index is 429. The molecule has 0 saturated heterocycles. The normalized spacial score (nSPS) is 10.7. The molecule has 0 aliphatic rings. The van der Waals surface area contributed by atoms with Crippen LogP contribution in [0.25, 0.3) is 0 Å². The van der Waals surface area contributed by atoms with Crippen LogP contribution in [0, 0.1) is 12.3 Å². The van der Waals surface area contributed by atoms with E-state index in [1.165, 1.54) is 12.1 Å². The second kappa shape index (κ2) is 2.95. The Hall–Kier alpha value is -1.34. The van der Waals surface area contributed by atoms with Crippen LogP contribution in [0.5, 0.6) is 0 Å². The Morgan fingerprint density at radius 1 is 1.33 bits per heavy atom. The summed E-state index contributed by atoms with van der Waals surface area (Å²) in [6.45, 7) is 0. The summed E-state index contributed by atoms with van der Waals surface area (Å²) in [4.78, 5) is -0.451. The van der Waals surface area contributed by atoms with Gasteiger partial charge in [0.2, 0.25) is 0 Å². The fraction of sp³-hybridized carbons (Fsp3) is 0. The summed E-state index contributed by atoms with van der Waals surface area (Å²) in [6, 6.07) is 5.45. The lowest BCUT2D eigenvalue weighted by Gasteiger charge is -1.96. The van der Waals surface area contributed by atoms with Crippen LogP contribution < -0.4 is 0 Å². The topological polar surface area (TPSA) is 34.1 Å². The fourth-order valence-corrected chi connectivity index (χ4v) is 1.43. The Kier molecular flexibility index (Phi) is 2.15. The summed E-state index contributed by atoms with van der Waals surface area (Å²) >= 11 is 0. The van der Waals surface area contributed by atoms with E-state index in [0.29, 0.717) is 0 Å². The summed E-state index contributed by atoms with van der Waals surface area (Å²) in [5.41, 5.74) is 0.0417. The summed E-state index contributed by atoms with van der Waals surface area (Å²) in [7, 11) is -4.69. The lowest BCUT2D eigenvalue weighted by molar-refractivity contribution is 0.552. The van der Waals surface area contributed by atoms with Gasteiger partial charge in [0.15, 0.2) is 0 Å². The van der Waals surface area contributed by atoms with Crippen LogP contribution in [0.2, 0.25) is 0 Å². The van der Waals surface area contributed by atoms with Crippen molar-refractivity contribution in [3.8, 4) is 12.3 Å². The molecule has 0 N–H and O–H groups in total. The minimum atomic E-state index is -4.69. The van der Waals surface area contributed by atoms with Crippen molar-refractivity contribution < 1.29 is 12.3 Å². The standard InChI is InChI=1S/C8H5FO2S/c1-2-7-5-3-4-6-8(7)12(9,10)11/h1,3-6H. The van der Waals surface area contributed by atoms with Gasteiger partial charge in [-0.3, -0.25) is 0 Å². The van der Waals surface area contributed by atoms with E-state index in [0.717, 1.165) is 6.07 Å². The van der Waals surface area contributed by atoms with Crippen LogP contribution in [0.15, 0.2) is 29.2 Å². The molecule has 0 aliphatic heterocycles. The van der Waals surface area contributed by atoms with Crippen molar-refractivity contribution in [2.24, 2.45) is 0 Å². The average Bonchev–Trinajstić information content (AvgIpc) is 2.03. The largest absolute Gasteiger partial charge is 0.333 e. The van der Waals surface area contributed by atoms with Gasteiger partial charge in [0.1, 0.15) is 4.90 Å². The first-order valence-electron chi connectivity index (χ1n) is 3.06. The van der Waals surface area contributed by atoms with Crippen molar-refractivity contribution in [2.75, 3.05) is 0 Å². The molecule has 62 valence electrons. The predicted octanol–water partition coefficient (Wildman–Crippen LogP) is 1.33. The van der Waals surface area contributed by atoms with Crippen LogP contribution in [0.3, 0.4) is 0 Å². The Morgan fingerprint density at radius 3 is 2.33 bits per heavy atom. The van der Waals surface area contributed by atoms with Gasteiger partial charge in [0.25, 0.3) is 0 Å². The Labute approximate surface area is 70.2 Å². The van der Waals surface area contributed by atoms with Crippen molar-refractivity contribution in [3.05, 3.63) is 29.8 Å². The lowest BCUT2D eigenvalue weighted by atomic mass is 10.2. The zero-order chi connectivity index (χ0) is 9.19. The predicted molar refractivity (Wildman–Crippen MR) is 42.7 cm³/mol. The summed E-state index contributed by atoms with van der Waals surface area (Å²) in [5.74, 6) is 2.08. The molecule has 0 bridgehead atoms. The molecule has 0 atom stereocenters. The maximum absolute atomic E-state index is 12.4. The summed E-state index contributed by atoms with van der Waals surface area (Å²) in [5, 5.41) is 0. The molecule has 0 heterocycles. The highest BCUT2D eigenvalue weighted by atomic mass is 32.3. The van der Waals surface area contributed by atoms with Crippen molar-refractivity contribution in [1.82, 2.24) is 0 Å². The molecule has 12 heavy (non-hydrogen) atoms. The van der Waals surface area contributed by atoms with E-state index in [1.807, 2.05) is 0 Å². The van der Waals surface area contributed by atoms with Gasteiger partial charge in [-0.15, -0.1) is 10.3 Å². The first-order chi connectivity index (χ1) is 5.55. The summed E-state index contributed by atoms with van der Waals surface area (Å²) in [6.07, 6.45) is 4.97. The molecule has 0 aromatic heterocycles. The molecule has 0 saturated carbocycles. The van der Waals surface area contributed by atoms with Crippen molar-refractivity contribution in [3.63, 3.8) is 0 Å². The molecule has 0 amide bonds. The zero-order valence-electron chi connectivity index (χ0n) is 5.99. The smallest absolute Gasteiger partial charge is 0.189 e. The molecule has 4 heteroatoms. The highest BCUT2D eigenvalue weighted by Gasteiger charge is 2.14. The van der Waals surface area contributed by atoms with Crippen LogP contribution >= 0.6 is 0 Å². The van der Waals surface area contributed by atoms with Crippen LogP contribution in [0.1, 0.15) is 5.56 Å². The number of benzene rings is 1. The number of rotatable bonds is 1. The molecule has 2 nitrogen and oxygen atoms in total. The van der Waals surface area contributed by atoms with Gasteiger partial charge >= 0.3 is 10.2 Å². The highest BCUT2D eigenvalue weighted by molar-refractivity contribution is 7.86. The van der Waals surface area contributed by atoms with Crippen LogP contribution in [-0.2, 0) is 10.2 Å². The second-order valence-corrected chi connectivity index (χ2v) is 3.39. The second-order valence-electron chi connectivity index (χ2n) is 2.08. The molecular formula is C8H5FO2S. The number of terminal acetylenes is 1. The maximum Gasteiger partial charge on any atom is 0.333 e. The molecule has 0 fully saturated rings. The lowest BCUT2D eigenvalue weighted by Crippen LogP contribution is -1.94. The number of halogens is 1. The van der Waals surface area contributed by atoms with E-state index in [1.54, 1.807) is 6.07 Å². The van der Waals surface area contributed by atoms with Crippen molar-refractivity contribution in [2.45, 2.75) is 4.90 Å². The van der Waals surface area contributed by atoms with E-state index in [9.17, 15) is 12.3 Å². The van der Waals surface area contributed by atoms with Crippen molar-refractivity contribution in [1.29, 1.82) is 0 Å². The van der Waals surface area contributed by atoms with Gasteiger partial charge in [-0.05, 0) is 12.1 Å². The van der Waals surface area contributed by atoms with E-state index in [4.69, 9.17) is 6.42 Å². The minimum absolute atomic E-state index is 0.0417. The third-order valence-electron chi connectivity index (χ3n) is 1.31. The van der Waals surface area contributed by atoms with Gasteiger partial charge in [-0.1, -0.05) is 18.1 Å². The summed E-state index contributed by atoms with van der Waals surface area (Å²) < 4.78 is 33.3. The zero-order valence-corrected chi connectivity index (χ0v) is 6.81. The van der Waals surface area contributed by atoms with Gasteiger partial charge in [0, 0.05) is 5.56 Å². The van der Waals surface area contributed by atoms with Crippen molar-refractivity contribution >= 4 is 10.2 Å². The molecular weight excluding hydrogens is 179 g/mol. The third-order valence-corrected chi connectivity index (χ3v) is 2.19. The first kappa shape index (κ1) is 8.75. The molecule has 0 aliphatic carbocycles. The number of hydrogen-bond acceptors (Lipinski definition) is 2. The third kappa shape index (κ3) is 1.63. The molecule has 1 aromatic rings. The average molecular weight is 184 g/mol. The van der Waals surface area contributed by atoms with Gasteiger partial charge < -0.3 is 0 Å². The van der Waals surface area contributed by atoms with Gasteiger partial charge in [0.05, 0.1) is 0 Å². The van der Waals surface area contributed by atoms with E-state index in [2.05, 4.69) is 5.92 Å². The SMILES string of the molecule is C#Cc1ccccc1S(=O)(=O)F. The van der Waals surface area contributed by atoms with Crippen LogP contribution in [0.4, 0.5) is 3.89 Å². The first-order valence-corrected chi connectivity index (χ1v) is 4.44. The molecule has 1 aromatic carbocycles.